The molecule has 0 bridgehead atoms. The van der Waals surface area contributed by atoms with Crippen molar-refractivity contribution in [3.63, 3.8) is 0 Å². The molecule has 1 aromatic carbocycles. The fourth-order valence-electron chi connectivity index (χ4n) is 1.16. The summed E-state index contributed by atoms with van der Waals surface area (Å²) in [6.07, 6.45) is 0.0810. The van der Waals surface area contributed by atoms with Gasteiger partial charge in [0.2, 0.25) is 0 Å². The van der Waals surface area contributed by atoms with Gasteiger partial charge < -0.3 is 4.74 Å². The monoisotopic (exact) mass is 312 g/mol. The fourth-order valence-corrected chi connectivity index (χ4v) is 1.79. The number of alkyl halides is 3. The van der Waals surface area contributed by atoms with Crippen LogP contribution < -0.4 is 4.74 Å². The van der Waals surface area contributed by atoms with E-state index in [1.165, 1.54) is 12.1 Å². The zero-order chi connectivity index (χ0) is 12.1. The van der Waals surface area contributed by atoms with Crippen molar-refractivity contribution < 1.29 is 18.3 Å². The topological polar surface area (TPSA) is 26.3 Å². The van der Waals surface area contributed by atoms with E-state index in [1.54, 1.807) is 6.07 Å². The molecule has 0 aliphatic heterocycles. The molecule has 0 radical (unpaired) electrons. The summed E-state index contributed by atoms with van der Waals surface area (Å²) in [4.78, 5) is 11.6. The van der Waals surface area contributed by atoms with Gasteiger partial charge in [-0.1, -0.05) is 6.07 Å². The second-order valence-corrected chi connectivity index (χ2v) is 4.09. The van der Waals surface area contributed by atoms with Crippen LogP contribution in [0.5, 0.6) is 5.75 Å². The maximum atomic E-state index is 12.1. The number of carbonyl (C=O) groups excluding carboxylic acids is 1. The molecule has 0 unspecified atom stereocenters. The van der Waals surface area contributed by atoms with Gasteiger partial charge in [-0.3, -0.25) is 4.79 Å². The van der Waals surface area contributed by atoms with E-state index in [0.29, 0.717) is 4.47 Å². The number of halogens is 4. The van der Waals surface area contributed by atoms with E-state index in [2.05, 4.69) is 20.7 Å². The predicted octanol–water partition coefficient (Wildman–Crippen LogP) is 3.86. The number of rotatable bonds is 5. The Labute approximate surface area is 105 Å². The second-order valence-electron chi connectivity index (χ2n) is 2.86. The lowest BCUT2D eigenvalue weighted by molar-refractivity contribution is -0.0506. The number of carbonyl (C=O) groups is 1. The number of hydrogen-bond acceptors (Lipinski definition) is 2. The van der Waals surface area contributed by atoms with Gasteiger partial charge in [-0.05, 0) is 28.1 Å². The molecule has 0 aliphatic carbocycles. The third kappa shape index (κ3) is 3.42. The van der Waals surface area contributed by atoms with Gasteiger partial charge in [0.1, 0.15) is 0 Å². The van der Waals surface area contributed by atoms with Crippen LogP contribution in [0.2, 0.25) is 0 Å². The SMILES string of the molecule is O=C(CCCl)c1cccc(Br)c1OC(F)F. The summed E-state index contributed by atoms with van der Waals surface area (Å²) in [7, 11) is 0. The Morgan fingerprint density at radius 1 is 1.50 bits per heavy atom. The van der Waals surface area contributed by atoms with Crippen LogP contribution in [0, 0.1) is 0 Å². The van der Waals surface area contributed by atoms with Crippen molar-refractivity contribution in [2.24, 2.45) is 0 Å². The first kappa shape index (κ1) is 13.4. The van der Waals surface area contributed by atoms with Gasteiger partial charge in [0.25, 0.3) is 0 Å². The Morgan fingerprint density at radius 3 is 2.75 bits per heavy atom. The van der Waals surface area contributed by atoms with Gasteiger partial charge in [0.05, 0.1) is 10.0 Å². The lowest BCUT2D eigenvalue weighted by atomic mass is 10.1. The Kier molecular flexibility index (Phi) is 5.15. The van der Waals surface area contributed by atoms with Crippen LogP contribution >= 0.6 is 27.5 Å². The summed E-state index contributed by atoms with van der Waals surface area (Å²) in [5.41, 5.74) is 0.107. The Morgan fingerprint density at radius 2 is 2.19 bits per heavy atom. The Hall–Kier alpha value is -0.680. The standard InChI is InChI=1S/C10H8BrClF2O2/c11-7-3-1-2-6(8(15)4-5-12)9(7)16-10(13)14/h1-3,10H,4-5H2. The fraction of sp³-hybridized carbons (Fsp3) is 0.300. The smallest absolute Gasteiger partial charge is 0.387 e. The van der Waals surface area contributed by atoms with E-state index in [0.717, 1.165) is 0 Å². The molecule has 1 aromatic rings. The summed E-state index contributed by atoms with van der Waals surface area (Å²) in [5, 5.41) is 0. The van der Waals surface area contributed by atoms with Crippen LogP contribution in [0.1, 0.15) is 16.8 Å². The third-order valence-corrected chi connectivity index (χ3v) is 2.61. The molecule has 0 saturated heterocycles. The average molecular weight is 314 g/mol. The van der Waals surface area contributed by atoms with Crippen LogP contribution in [-0.2, 0) is 0 Å². The van der Waals surface area contributed by atoms with E-state index in [1.807, 2.05) is 0 Å². The zero-order valence-corrected chi connectivity index (χ0v) is 10.4. The van der Waals surface area contributed by atoms with Crippen molar-refractivity contribution in [2.75, 3.05) is 5.88 Å². The molecule has 0 spiro atoms. The molecule has 0 aromatic heterocycles. The van der Waals surface area contributed by atoms with Crippen LogP contribution in [0.15, 0.2) is 22.7 Å². The van der Waals surface area contributed by atoms with Crippen molar-refractivity contribution in [3.8, 4) is 5.75 Å². The molecule has 1 rings (SSSR count). The molecule has 0 fully saturated rings. The van der Waals surface area contributed by atoms with Gasteiger partial charge in [0.15, 0.2) is 11.5 Å². The molecule has 88 valence electrons. The number of ether oxygens (including phenoxy) is 1. The Balaban J connectivity index is 3.07. The number of ketones is 1. The number of para-hydroxylation sites is 1. The van der Waals surface area contributed by atoms with Gasteiger partial charge in [-0.15, -0.1) is 11.6 Å². The molecule has 2 nitrogen and oxygen atoms in total. The first-order chi connectivity index (χ1) is 7.56. The van der Waals surface area contributed by atoms with Crippen LogP contribution in [-0.4, -0.2) is 18.3 Å². The third-order valence-electron chi connectivity index (χ3n) is 1.80. The van der Waals surface area contributed by atoms with E-state index in [-0.39, 0.29) is 29.4 Å². The Bertz CT molecular complexity index is 385. The molecule has 0 atom stereocenters. The van der Waals surface area contributed by atoms with E-state index < -0.39 is 6.61 Å². The maximum absolute atomic E-state index is 12.1. The van der Waals surface area contributed by atoms with Gasteiger partial charge in [-0.25, -0.2) is 0 Å². The lowest BCUT2D eigenvalue weighted by Crippen LogP contribution is -2.09. The maximum Gasteiger partial charge on any atom is 0.387 e. The second kappa shape index (κ2) is 6.15. The number of hydrogen-bond donors (Lipinski definition) is 0. The number of benzene rings is 1. The first-order valence-corrected chi connectivity index (χ1v) is 5.71. The molecule has 16 heavy (non-hydrogen) atoms. The normalized spacial score (nSPS) is 10.6. The summed E-state index contributed by atoms with van der Waals surface area (Å²) in [5.74, 6) is -0.334. The molecule has 0 saturated carbocycles. The molecule has 0 heterocycles. The molecule has 0 amide bonds. The minimum Gasteiger partial charge on any atom is -0.433 e. The average Bonchev–Trinajstić information content (AvgIpc) is 2.20. The molecule has 0 N–H and O–H groups in total. The van der Waals surface area contributed by atoms with Crippen molar-refractivity contribution in [3.05, 3.63) is 28.2 Å². The van der Waals surface area contributed by atoms with Crippen molar-refractivity contribution in [1.82, 2.24) is 0 Å². The summed E-state index contributed by atoms with van der Waals surface area (Å²) in [6.45, 7) is -2.97. The molecule has 6 heteroatoms. The first-order valence-electron chi connectivity index (χ1n) is 4.38. The van der Waals surface area contributed by atoms with E-state index in [4.69, 9.17) is 11.6 Å². The largest absolute Gasteiger partial charge is 0.433 e. The lowest BCUT2D eigenvalue weighted by Gasteiger charge is -2.11. The minimum absolute atomic E-state index is 0.0810. The predicted molar refractivity (Wildman–Crippen MR) is 60.4 cm³/mol. The van der Waals surface area contributed by atoms with Crippen LogP contribution in [0.3, 0.4) is 0 Å². The molecule has 0 aliphatic rings. The van der Waals surface area contributed by atoms with Crippen LogP contribution in [0.4, 0.5) is 8.78 Å². The highest BCUT2D eigenvalue weighted by Gasteiger charge is 2.17. The minimum atomic E-state index is -2.97. The highest BCUT2D eigenvalue weighted by Crippen LogP contribution is 2.31. The quantitative estimate of drug-likeness (QED) is 0.609. The van der Waals surface area contributed by atoms with E-state index in [9.17, 15) is 13.6 Å². The van der Waals surface area contributed by atoms with Crippen molar-refractivity contribution in [1.29, 1.82) is 0 Å². The highest BCUT2D eigenvalue weighted by molar-refractivity contribution is 9.10. The van der Waals surface area contributed by atoms with Crippen LogP contribution in [0.25, 0.3) is 0 Å². The summed E-state index contributed by atoms with van der Waals surface area (Å²) < 4.78 is 28.9. The summed E-state index contributed by atoms with van der Waals surface area (Å²) in [6, 6.07) is 4.52. The molecular formula is C10H8BrClF2O2. The number of Topliss-reactive ketones (excluding diaryl/α,β-unsaturated/α-hetero) is 1. The molecular weight excluding hydrogens is 305 g/mol. The van der Waals surface area contributed by atoms with Gasteiger partial charge in [-0.2, -0.15) is 8.78 Å². The van der Waals surface area contributed by atoms with Gasteiger partial charge in [0, 0.05) is 12.3 Å². The summed E-state index contributed by atoms with van der Waals surface area (Å²) >= 11 is 8.47. The van der Waals surface area contributed by atoms with E-state index >= 15 is 0 Å². The van der Waals surface area contributed by atoms with Crippen molar-refractivity contribution in [2.45, 2.75) is 13.0 Å². The van der Waals surface area contributed by atoms with Crippen molar-refractivity contribution >= 4 is 33.3 Å². The zero-order valence-electron chi connectivity index (χ0n) is 8.05. The van der Waals surface area contributed by atoms with Gasteiger partial charge >= 0.3 is 6.61 Å². The highest BCUT2D eigenvalue weighted by atomic mass is 79.9.